The molecule has 2 atom stereocenters. The Balaban J connectivity index is 1.77. The Labute approximate surface area is 105 Å². The summed E-state index contributed by atoms with van der Waals surface area (Å²) in [4.78, 5) is 12.1. The van der Waals surface area contributed by atoms with Gasteiger partial charge in [-0.1, -0.05) is 26.2 Å². The fourth-order valence-corrected chi connectivity index (χ4v) is 3.20. The minimum atomic E-state index is 0.262. The number of rotatable bonds is 3. The minimum absolute atomic E-state index is 0.262. The molecule has 0 spiro atoms. The van der Waals surface area contributed by atoms with Gasteiger partial charge >= 0.3 is 0 Å². The molecular weight excluding hydrogens is 212 g/mol. The topological polar surface area (TPSA) is 41.1 Å². The van der Waals surface area contributed by atoms with Gasteiger partial charge in [0.2, 0.25) is 5.91 Å². The normalized spacial score (nSPS) is 31.1. The first-order chi connectivity index (χ1) is 8.29. The van der Waals surface area contributed by atoms with Crippen LogP contribution >= 0.6 is 0 Å². The third-order valence-corrected chi connectivity index (χ3v) is 4.42. The molecule has 2 rings (SSSR count). The monoisotopic (exact) mass is 238 g/mol. The summed E-state index contributed by atoms with van der Waals surface area (Å²) < 4.78 is 0. The standard InChI is InChI=1S/C14H26N2O/c1-2-11-4-3-5-13(10-11)16-14(17)12-6-8-15-9-7-12/h11-13,15H,2-10H2,1H3,(H,16,17). The maximum atomic E-state index is 12.1. The number of amides is 1. The van der Waals surface area contributed by atoms with E-state index in [0.717, 1.165) is 31.8 Å². The minimum Gasteiger partial charge on any atom is -0.353 e. The summed E-state index contributed by atoms with van der Waals surface area (Å²) >= 11 is 0. The highest BCUT2D eigenvalue weighted by atomic mass is 16.1. The Morgan fingerprint density at radius 3 is 2.71 bits per heavy atom. The second-order valence-corrected chi connectivity index (χ2v) is 5.67. The molecule has 2 N–H and O–H groups in total. The van der Waals surface area contributed by atoms with E-state index in [2.05, 4.69) is 17.6 Å². The van der Waals surface area contributed by atoms with Crippen molar-refractivity contribution in [1.29, 1.82) is 0 Å². The lowest BCUT2D eigenvalue weighted by Gasteiger charge is -2.31. The van der Waals surface area contributed by atoms with Crippen molar-refractivity contribution in [2.24, 2.45) is 11.8 Å². The van der Waals surface area contributed by atoms with Gasteiger partial charge in [0.25, 0.3) is 0 Å². The van der Waals surface area contributed by atoms with E-state index in [-0.39, 0.29) is 5.92 Å². The van der Waals surface area contributed by atoms with Crippen LogP contribution in [-0.2, 0) is 4.79 Å². The van der Waals surface area contributed by atoms with Crippen LogP contribution in [0.4, 0.5) is 0 Å². The molecule has 1 saturated heterocycles. The van der Waals surface area contributed by atoms with Gasteiger partial charge in [-0.25, -0.2) is 0 Å². The second kappa shape index (κ2) is 6.39. The van der Waals surface area contributed by atoms with E-state index in [0.29, 0.717) is 11.9 Å². The van der Waals surface area contributed by atoms with Crippen LogP contribution in [0.2, 0.25) is 0 Å². The van der Waals surface area contributed by atoms with E-state index >= 15 is 0 Å². The van der Waals surface area contributed by atoms with E-state index in [4.69, 9.17) is 0 Å². The van der Waals surface area contributed by atoms with Gasteiger partial charge in [-0.15, -0.1) is 0 Å². The lowest BCUT2D eigenvalue weighted by molar-refractivity contribution is -0.126. The van der Waals surface area contributed by atoms with Crippen molar-refractivity contribution >= 4 is 5.91 Å². The third-order valence-electron chi connectivity index (χ3n) is 4.42. The number of carbonyl (C=O) groups excluding carboxylic acids is 1. The third kappa shape index (κ3) is 3.70. The molecule has 17 heavy (non-hydrogen) atoms. The molecule has 0 radical (unpaired) electrons. The van der Waals surface area contributed by atoms with Gasteiger partial charge < -0.3 is 10.6 Å². The van der Waals surface area contributed by atoms with Crippen LogP contribution in [0.1, 0.15) is 51.9 Å². The first-order valence-corrected chi connectivity index (χ1v) is 7.30. The summed E-state index contributed by atoms with van der Waals surface area (Å²) in [5.41, 5.74) is 0. The molecule has 1 heterocycles. The highest BCUT2D eigenvalue weighted by Gasteiger charge is 2.26. The predicted octanol–water partition coefficient (Wildman–Crippen LogP) is 2.07. The SMILES string of the molecule is CCC1CCCC(NC(=O)C2CCNCC2)C1. The van der Waals surface area contributed by atoms with E-state index in [1.54, 1.807) is 0 Å². The van der Waals surface area contributed by atoms with Crippen LogP contribution < -0.4 is 10.6 Å². The molecule has 2 fully saturated rings. The van der Waals surface area contributed by atoms with Crippen molar-refractivity contribution in [3.8, 4) is 0 Å². The Hall–Kier alpha value is -0.570. The Morgan fingerprint density at radius 2 is 2.00 bits per heavy atom. The fourth-order valence-electron chi connectivity index (χ4n) is 3.20. The van der Waals surface area contributed by atoms with E-state index < -0.39 is 0 Å². The average molecular weight is 238 g/mol. The number of hydrogen-bond acceptors (Lipinski definition) is 2. The largest absolute Gasteiger partial charge is 0.353 e. The molecule has 0 aromatic rings. The molecule has 2 unspecified atom stereocenters. The van der Waals surface area contributed by atoms with Gasteiger partial charge in [0.1, 0.15) is 0 Å². The zero-order valence-electron chi connectivity index (χ0n) is 11.0. The van der Waals surface area contributed by atoms with Crippen molar-refractivity contribution in [3.63, 3.8) is 0 Å². The number of piperidine rings is 1. The molecule has 1 amide bonds. The molecule has 1 aliphatic heterocycles. The lowest BCUT2D eigenvalue weighted by atomic mass is 9.84. The van der Waals surface area contributed by atoms with E-state index in [1.165, 1.54) is 32.1 Å². The summed E-state index contributed by atoms with van der Waals surface area (Å²) in [5.74, 6) is 1.41. The molecule has 1 saturated carbocycles. The van der Waals surface area contributed by atoms with Gasteiger partial charge in [0, 0.05) is 12.0 Å². The van der Waals surface area contributed by atoms with Gasteiger partial charge in [-0.2, -0.15) is 0 Å². The quantitative estimate of drug-likeness (QED) is 0.790. The molecule has 3 heteroatoms. The summed E-state index contributed by atoms with van der Waals surface area (Å²) in [5, 5.41) is 6.60. The van der Waals surface area contributed by atoms with Gasteiger partial charge in [0.05, 0.1) is 0 Å². The van der Waals surface area contributed by atoms with Crippen LogP contribution in [0, 0.1) is 11.8 Å². The number of carbonyl (C=O) groups is 1. The molecule has 0 bridgehead atoms. The highest BCUT2D eigenvalue weighted by molar-refractivity contribution is 5.79. The molecule has 1 aliphatic carbocycles. The van der Waals surface area contributed by atoms with Crippen LogP contribution in [0.5, 0.6) is 0 Å². The van der Waals surface area contributed by atoms with E-state index in [9.17, 15) is 4.79 Å². The Kier molecular flexibility index (Phi) is 4.84. The molecular formula is C14H26N2O. The number of hydrogen-bond donors (Lipinski definition) is 2. The summed E-state index contributed by atoms with van der Waals surface area (Å²) in [7, 11) is 0. The van der Waals surface area contributed by atoms with E-state index in [1.807, 2.05) is 0 Å². The zero-order valence-corrected chi connectivity index (χ0v) is 11.0. The summed E-state index contributed by atoms with van der Waals surface area (Å²) in [6.07, 6.45) is 8.32. The fraction of sp³-hybridized carbons (Fsp3) is 0.929. The first kappa shape index (κ1) is 12.9. The summed E-state index contributed by atoms with van der Waals surface area (Å²) in [6, 6.07) is 0.455. The maximum absolute atomic E-state index is 12.1. The van der Waals surface area contributed by atoms with Crippen LogP contribution in [0.25, 0.3) is 0 Å². The van der Waals surface area contributed by atoms with Crippen molar-refractivity contribution in [3.05, 3.63) is 0 Å². The van der Waals surface area contributed by atoms with Crippen molar-refractivity contribution in [2.75, 3.05) is 13.1 Å². The second-order valence-electron chi connectivity index (χ2n) is 5.67. The molecule has 0 aromatic carbocycles. The van der Waals surface area contributed by atoms with Gasteiger partial charge in [-0.05, 0) is 44.7 Å². The molecule has 98 valence electrons. The molecule has 2 aliphatic rings. The predicted molar refractivity (Wildman–Crippen MR) is 69.8 cm³/mol. The van der Waals surface area contributed by atoms with Gasteiger partial charge in [0.15, 0.2) is 0 Å². The average Bonchev–Trinajstić information content (AvgIpc) is 2.40. The maximum Gasteiger partial charge on any atom is 0.223 e. The summed E-state index contributed by atoms with van der Waals surface area (Å²) in [6.45, 7) is 4.27. The Morgan fingerprint density at radius 1 is 1.24 bits per heavy atom. The molecule has 3 nitrogen and oxygen atoms in total. The van der Waals surface area contributed by atoms with Crippen molar-refractivity contribution in [2.45, 2.75) is 57.9 Å². The zero-order chi connectivity index (χ0) is 12.1. The van der Waals surface area contributed by atoms with Crippen LogP contribution in [0.3, 0.4) is 0 Å². The lowest BCUT2D eigenvalue weighted by Crippen LogP contribution is -2.44. The first-order valence-electron chi connectivity index (χ1n) is 7.30. The highest BCUT2D eigenvalue weighted by Crippen LogP contribution is 2.27. The molecule has 0 aromatic heterocycles. The van der Waals surface area contributed by atoms with Gasteiger partial charge in [-0.3, -0.25) is 4.79 Å². The smallest absolute Gasteiger partial charge is 0.223 e. The van der Waals surface area contributed by atoms with Crippen LogP contribution in [-0.4, -0.2) is 25.0 Å². The number of nitrogens with one attached hydrogen (secondary N) is 2. The van der Waals surface area contributed by atoms with Crippen molar-refractivity contribution < 1.29 is 4.79 Å². The van der Waals surface area contributed by atoms with Crippen molar-refractivity contribution in [1.82, 2.24) is 10.6 Å². The Bertz CT molecular complexity index is 249. The van der Waals surface area contributed by atoms with Crippen LogP contribution in [0.15, 0.2) is 0 Å².